The standard InChI is InChI=1S/C18H31N3/c1-16(2)20-13-9-18(10-14-20)21(12-6-11-19)15-17-7-4-3-5-8-17/h3-5,7-8,16,18H,6,9-15,19H2,1-2H3. The average Bonchev–Trinajstić information content (AvgIpc) is 2.52. The summed E-state index contributed by atoms with van der Waals surface area (Å²) in [6.45, 7) is 10.0. The van der Waals surface area contributed by atoms with Crippen LogP contribution in [0.15, 0.2) is 30.3 Å². The van der Waals surface area contributed by atoms with Crippen LogP contribution in [0.2, 0.25) is 0 Å². The van der Waals surface area contributed by atoms with Crippen molar-refractivity contribution < 1.29 is 0 Å². The Morgan fingerprint density at radius 2 is 1.86 bits per heavy atom. The molecular weight excluding hydrogens is 258 g/mol. The van der Waals surface area contributed by atoms with Crippen molar-refractivity contribution in [2.45, 2.75) is 51.7 Å². The maximum absolute atomic E-state index is 5.73. The molecule has 1 heterocycles. The van der Waals surface area contributed by atoms with Gasteiger partial charge in [0.1, 0.15) is 0 Å². The summed E-state index contributed by atoms with van der Waals surface area (Å²) in [5, 5.41) is 0. The van der Waals surface area contributed by atoms with Crippen LogP contribution in [0.4, 0.5) is 0 Å². The molecule has 0 saturated carbocycles. The molecule has 1 fully saturated rings. The first-order chi connectivity index (χ1) is 10.2. The first kappa shape index (κ1) is 16.5. The van der Waals surface area contributed by atoms with Gasteiger partial charge in [0.15, 0.2) is 0 Å². The van der Waals surface area contributed by atoms with Crippen molar-refractivity contribution in [1.29, 1.82) is 0 Å². The second-order valence-corrected chi connectivity index (χ2v) is 6.46. The quantitative estimate of drug-likeness (QED) is 0.837. The van der Waals surface area contributed by atoms with E-state index >= 15 is 0 Å². The molecule has 3 nitrogen and oxygen atoms in total. The fourth-order valence-corrected chi connectivity index (χ4v) is 3.27. The summed E-state index contributed by atoms with van der Waals surface area (Å²) in [5.74, 6) is 0. The number of likely N-dealkylation sites (tertiary alicyclic amines) is 1. The van der Waals surface area contributed by atoms with Crippen molar-refractivity contribution in [2.75, 3.05) is 26.2 Å². The molecule has 0 amide bonds. The fraction of sp³-hybridized carbons (Fsp3) is 0.667. The summed E-state index contributed by atoms with van der Waals surface area (Å²) in [4.78, 5) is 5.25. The third-order valence-electron chi connectivity index (χ3n) is 4.62. The highest BCUT2D eigenvalue weighted by molar-refractivity contribution is 5.14. The van der Waals surface area contributed by atoms with Crippen LogP contribution in [-0.2, 0) is 6.54 Å². The molecule has 118 valence electrons. The van der Waals surface area contributed by atoms with Gasteiger partial charge in [0.05, 0.1) is 0 Å². The number of nitrogens with two attached hydrogens (primary N) is 1. The van der Waals surface area contributed by atoms with E-state index in [1.807, 2.05) is 0 Å². The zero-order valence-corrected chi connectivity index (χ0v) is 13.7. The van der Waals surface area contributed by atoms with Crippen molar-refractivity contribution in [3.05, 3.63) is 35.9 Å². The van der Waals surface area contributed by atoms with Gasteiger partial charge in [0.2, 0.25) is 0 Å². The molecule has 2 rings (SSSR count). The highest BCUT2D eigenvalue weighted by atomic mass is 15.2. The van der Waals surface area contributed by atoms with E-state index in [4.69, 9.17) is 5.73 Å². The van der Waals surface area contributed by atoms with E-state index in [2.05, 4.69) is 54.0 Å². The Morgan fingerprint density at radius 3 is 2.43 bits per heavy atom. The van der Waals surface area contributed by atoms with E-state index in [0.717, 1.165) is 26.1 Å². The van der Waals surface area contributed by atoms with Crippen molar-refractivity contribution >= 4 is 0 Å². The van der Waals surface area contributed by atoms with Gasteiger partial charge in [-0.3, -0.25) is 4.90 Å². The highest BCUT2D eigenvalue weighted by Crippen LogP contribution is 2.20. The molecular formula is C18H31N3. The SMILES string of the molecule is CC(C)N1CCC(N(CCCN)Cc2ccccc2)CC1. The van der Waals surface area contributed by atoms with E-state index < -0.39 is 0 Å². The molecule has 0 spiro atoms. The zero-order valence-electron chi connectivity index (χ0n) is 13.7. The van der Waals surface area contributed by atoms with Gasteiger partial charge in [0.25, 0.3) is 0 Å². The van der Waals surface area contributed by atoms with E-state index in [-0.39, 0.29) is 0 Å². The molecule has 0 radical (unpaired) electrons. The van der Waals surface area contributed by atoms with Crippen LogP contribution in [0, 0.1) is 0 Å². The third kappa shape index (κ3) is 5.10. The molecule has 0 aromatic heterocycles. The molecule has 21 heavy (non-hydrogen) atoms. The van der Waals surface area contributed by atoms with Crippen molar-refractivity contribution in [3.63, 3.8) is 0 Å². The van der Waals surface area contributed by atoms with Crippen molar-refractivity contribution in [1.82, 2.24) is 9.80 Å². The molecule has 1 aliphatic heterocycles. The zero-order chi connectivity index (χ0) is 15.1. The lowest BCUT2D eigenvalue weighted by Crippen LogP contribution is -2.47. The predicted molar refractivity (Wildman–Crippen MR) is 90.3 cm³/mol. The average molecular weight is 289 g/mol. The number of piperidine rings is 1. The lowest BCUT2D eigenvalue weighted by atomic mass is 10.0. The van der Waals surface area contributed by atoms with E-state index in [9.17, 15) is 0 Å². The lowest BCUT2D eigenvalue weighted by molar-refractivity contribution is 0.0868. The fourth-order valence-electron chi connectivity index (χ4n) is 3.27. The third-order valence-corrected chi connectivity index (χ3v) is 4.62. The van der Waals surface area contributed by atoms with Gasteiger partial charge in [0, 0.05) is 18.6 Å². The van der Waals surface area contributed by atoms with Gasteiger partial charge < -0.3 is 10.6 Å². The van der Waals surface area contributed by atoms with E-state index in [0.29, 0.717) is 12.1 Å². The van der Waals surface area contributed by atoms with Gasteiger partial charge in [-0.2, -0.15) is 0 Å². The first-order valence-electron chi connectivity index (χ1n) is 8.42. The Hall–Kier alpha value is -0.900. The molecule has 0 bridgehead atoms. The lowest BCUT2D eigenvalue weighted by Gasteiger charge is -2.40. The van der Waals surface area contributed by atoms with Crippen LogP contribution in [0.1, 0.15) is 38.7 Å². The number of hydrogen-bond donors (Lipinski definition) is 1. The Labute approximate surface area is 130 Å². The predicted octanol–water partition coefficient (Wildman–Crippen LogP) is 2.71. The molecule has 1 aliphatic rings. The molecule has 0 unspecified atom stereocenters. The van der Waals surface area contributed by atoms with Crippen molar-refractivity contribution in [3.8, 4) is 0 Å². The van der Waals surface area contributed by atoms with Crippen LogP contribution >= 0.6 is 0 Å². The van der Waals surface area contributed by atoms with Gasteiger partial charge in [-0.05, 0) is 64.9 Å². The monoisotopic (exact) mass is 289 g/mol. The van der Waals surface area contributed by atoms with Gasteiger partial charge in [-0.15, -0.1) is 0 Å². The van der Waals surface area contributed by atoms with Crippen molar-refractivity contribution in [2.24, 2.45) is 5.73 Å². The number of rotatable bonds is 7. The van der Waals surface area contributed by atoms with Crippen LogP contribution in [0.3, 0.4) is 0 Å². The minimum absolute atomic E-state index is 0.678. The highest BCUT2D eigenvalue weighted by Gasteiger charge is 2.25. The second-order valence-electron chi connectivity index (χ2n) is 6.46. The molecule has 1 aromatic rings. The summed E-state index contributed by atoms with van der Waals surface area (Å²) < 4.78 is 0. The Bertz CT molecular complexity index is 383. The van der Waals surface area contributed by atoms with Gasteiger partial charge >= 0.3 is 0 Å². The number of nitrogens with zero attached hydrogens (tertiary/aromatic N) is 2. The Balaban J connectivity index is 1.93. The summed E-state index contributed by atoms with van der Waals surface area (Å²) in [6, 6.07) is 12.2. The van der Waals surface area contributed by atoms with Gasteiger partial charge in [-0.1, -0.05) is 30.3 Å². The largest absolute Gasteiger partial charge is 0.330 e. The van der Waals surface area contributed by atoms with E-state index in [1.165, 1.54) is 31.5 Å². The van der Waals surface area contributed by atoms with Crippen LogP contribution in [0.25, 0.3) is 0 Å². The maximum atomic E-state index is 5.73. The molecule has 3 heteroatoms. The smallest absolute Gasteiger partial charge is 0.0236 e. The molecule has 2 N–H and O–H groups in total. The number of benzene rings is 1. The van der Waals surface area contributed by atoms with Crippen LogP contribution in [-0.4, -0.2) is 48.1 Å². The first-order valence-corrected chi connectivity index (χ1v) is 8.42. The Kier molecular flexibility index (Phi) is 6.68. The molecule has 1 saturated heterocycles. The molecule has 0 aliphatic carbocycles. The second kappa shape index (κ2) is 8.52. The normalized spacial score (nSPS) is 17.8. The number of hydrogen-bond acceptors (Lipinski definition) is 3. The Morgan fingerprint density at radius 1 is 1.19 bits per heavy atom. The topological polar surface area (TPSA) is 32.5 Å². The van der Waals surface area contributed by atoms with Gasteiger partial charge in [-0.25, -0.2) is 0 Å². The molecule has 1 aromatic carbocycles. The summed E-state index contributed by atoms with van der Waals surface area (Å²) in [6.07, 6.45) is 3.67. The summed E-state index contributed by atoms with van der Waals surface area (Å²) in [7, 11) is 0. The summed E-state index contributed by atoms with van der Waals surface area (Å²) in [5.41, 5.74) is 7.14. The summed E-state index contributed by atoms with van der Waals surface area (Å²) >= 11 is 0. The minimum Gasteiger partial charge on any atom is -0.330 e. The maximum Gasteiger partial charge on any atom is 0.0236 e. The van der Waals surface area contributed by atoms with Crippen LogP contribution < -0.4 is 5.73 Å². The van der Waals surface area contributed by atoms with Crippen LogP contribution in [0.5, 0.6) is 0 Å². The minimum atomic E-state index is 0.678. The van der Waals surface area contributed by atoms with E-state index in [1.54, 1.807) is 0 Å². The molecule has 0 atom stereocenters.